The molecule has 3 N–H and O–H groups in total. The van der Waals surface area contributed by atoms with Crippen LogP contribution in [0.5, 0.6) is 0 Å². The number of nitrogens with two attached hydrogens (primary N) is 1. The van der Waals surface area contributed by atoms with Gasteiger partial charge in [0.1, 0.15) is 0 Å². The molecule has 5 heteroatoms. The van der Waals surface area contributed by atoms with Crippen LogP contribution in [0.4, 0.5) is 0 Å². The van der Waals surface area contributed by atoms with Gasteiger partial charge in [-0.2, -0.15) is 0 Å². The van der Waals surface area contributed by atoms with Crippen molar-refractivity contribution in [2.75, 3.05) is 27.2 Å². The van der Waals surface area contributed by atoms with Gasteiger partial charge in [-0.3, -0.25) is 9.79 Å². The summed E-state index contributed by atoms with van der Waals surface area (Å²) in [7, 11) is 3.50. The number of rotatable bonds is 10. The van der Waals surface area contributed by atoms with Gasteiger partial charge in [-0.15, -0.1) is 0 Å². The summed E-state index contributed by atoms with van der Waals surface area (Å²) in [5.41, 5.74) is 5.71. The monoisotopic (exact) mass is 270 g/mol. The zero-order chi connectivity index (χ0) is 14.5. The van der Waals surface area contributed by atoms with Gasteiger partial charge >= 0.3 is 0 Å². The number of unbranched alkanes of at least 4 members (excludes halogenated alkanes) is 5. The second-order valence-corrected chi connectivity index (χ2v) is 5.00. The van der Waals surface area contributed by atoms with E-state index in [-0.39, 0.29) is 5.91 Å². The van der Waals surface area contributed by atoms with E-state index in [2.05, 4.69) is 17.2 Å². The minimum atomic E-state index is 0.0937. The van der Waals surface area contributed by atoms with Crippen LogP contribution in [0.1, 0.15) is 51.9 Å². The van der Waals surface area contributed by atoms with E-state index < -0.39 is 0 Å². The second-order valence-electron chi connectivity index (χ2n) is 5.00. The average Bonchev–Trinajstić information content (AvgIpc) is 2.37. The first-order chi connectivity index (χ1) is 9.07. The highest BCUT2D eigenvalue weighted by Gasteiger charge is 2.02. The van der Waals surface area contributed by atoms with Gasteiger partial charge in [0.05, 0.1) is 0 Å². The summed E-state index contributed by atoms with van der Waals surface area (Å²) in [4.78, 5) is 17.1. The molecule has 0 spiro atoms. The number of guanidine groups is 1. The predicted molar refractivity (Wildman–Crippen MR) is 81.2 cm³/mol. The van der Waals surface area contributed by atoms with Crippen LogP contribution in [0.3, 0.4) is 0 Å². The van der Waals surface area contributed by atoms with E-state index in [0.29, 0.717) is 18.9 Å². The van der Waals surface area contributed by atoms with Gasteiger partial charge in [0, 0.05) is 33.6 Å². The van der Waals surface area contributed by atoms with Crippen LogP contribution < -0.4 is 11.1 Å². The highest BCUT2D eigenvalue weighted by molar-refractivity contribution is 5.79. The first-order valence-corrected chi connectivity index (χ1v) is 7.31. The van der Waals surface area contributed by atoms with Crippen molar-refractivity contribution < 1.29 is 4.79 Å². The van der Waals surface area contributed by atoms with Gasteiger partial charge in [-0.05, 0) is 6.42 Å². The van der Waals surface area contributed by atoms with Crippen LogP contribution in [-0.4, -0.2) is 44.0 Å². The van der Waals surface area contributed by atoms with Crippen molar-refractivity contribution in [2.24, 2.45) is 10.7 Å². The lowest BCUT2D eigenvalue weighted by molar-refractivity contribution is -0.128. The Morgan fingerprint density at radius 1 is 1.16 bits per heavy atom. The van der Waals surface area contributed by atoms with Gasteiger partial charge in [0.25, 0.3) is 0 Å². The number of carbonyl (C=O) groups excluding carboxylic acids is 1. The fraction of sp³-hybridized carbons (Fsp3) is 0.857. The summed E-state index contributed by atoms with van der Waals surface area (Å²) < 4.78 is 0. The molecule has 0 rings (SSSR count). The smallest absolute Gasteiger partial charge is 0.223 e. The van der Waals surface area contributed by atoms with Crippen LogP contribution in [0, 0.1) is 0 Å². The Balaban J connectivity index is 3.47. The maximum atomic E-state index is 11.3. The van der Waals surface area contributed by atoms with Crippen molar-refractivity contribution in [3.05, 3.63) is 0 Å². The van der Waals surface area contributed by atoms with E-state index in [9.17, 15) is 4.79 Å². The fourth-order valence-corrected chi connectivity index (χ4v) is 1.67. The number of nitrogens with one attached hydrogen (secondary N) is 1. The SMILES string of the molecule is CCCCCCCCN=C(N)NCCC(=O)N(C)C. The molecular formula is C14H30N4O. The maximum Gasteiger partial charge on any atom is 0.223 e. The van der Waals surface area contributed by atoms with Crippen molar-refractivity contribution in [1.29, 1.82) is 0 Å². The Bertz CT molecular complexity index is 264. The Kier molecular flexibility index (Phi) is 11.0. The topological polar surface area (TPSA) is 70.7 Å². The Labute approximate surface area is 117 Å². The molecule has 1 amide bonds. The van der Waals surface area contributed by atoms with E-state index in [1.54, 1.807) is 19.0 Å². The van der Waals surface area contributed by atoms with E-state index in [1.165, 1.54) is 32.1 Å². The number of amides is 1. The van der Waals surface area contributed by atoms with E-state index >= 15 is 0 Å². The van der Waals surface area contributed by atoms with Crippen molar-refractivity contribution in [3.8, 4) is 0 Å². The average molecular weight is 270 g/mol. The summed E-state index contributed by atoms with van der Waals surface area (Å²) in [5.74, 6) is 0.538. The van der Waals surface area contributed by atoms with Crippen LogP contribution in [0.2, 0.25) is 0 Å². The minimum Gasteiger partial charge on any atom is -0.370 e. The first kappa shape index (κ1) is 17.7. The number of aliphatic imine (C=N–C) groups is 1. The third kappa shape index (κ3) is 11.6. The molecule has 0 aliphatic heterocycles. The quantitative estimate of drug-likeness (QED) is 0.361. The molecule has 0 unspecified atom stereocenters. The predicted octanol–water partition coefficient (Wildman–Crippen LogP) is 1.73. The van der Waals surface area contributed by atoms with Gasteiger partial charge in [0.2, 0.25) is 5.91 Å². The van der Waals surface area contributed by atoms with Gasteiger partial charge in [0.15, 0.2) is 5.96 Å². The molecule has 0 aliphatic carbocycles. The molecule has 0 bridgehead atoms. The molecule has 0 saturated heterocycles. The van der Waals surface area contributed by atoms with Crippen molar-refractivity contribution in [1.82, 2.24) is 10.2 Å². The second kappa shape index (κ2) is 11.8. The van der Waals surface area contributed by atoms with E-state index in [1.807, 2.05) is 0 Å². The lowest BCUT2D eigenvalue weighted by Gasteiger charge is -2.10. The number of hydrogen-bond donors (Lipinski definition) is 2. The molecule has 0 aliphatic rings. The lowest BCUT2D eigenvalue weighted by atomic mass is 10.1. The number of hydrogen-bond acceptors (Lipinski definition) is 2. The van der Waals surface area contributed by atoms with Crippen LogP contribution in [0.25, 0.3) is 0 Å². The first-order valence-electron chi connectivity index (χ1n) is 7.31. The summed E-state index contributed by atoms with van der Waals surface area (Å²) in [6.07, 6.45) is 7.96. The molecule has 0 aromatic carbocycles. The summed E-state index contributed by atoms with van der Waals surface area (Å²) in [6, 6.07) is 0. The van der Waals surface area contributed by atoms with E-state index in [0.717, 1.165) is 13.0 Å². The Morgan fingerprint density at radius 2 is 1.79 bits per heavy atom. The highest BCUT2D eigenvalue weighted by atomic mass is 16.2. The highest BCUT2D eigenvalue weighted by Crippen LogP contribution is 2.04. The summed E-state index contributed by atoms with van der Waals surface area (Å²) in [5, 5.41) is 2.96. The third-order valence-electron chi connectivity index (χ3n) is 2.94. The molecule has 19 heavy (non-hydrogen) atoms. The van der Waals surface area contributed by atoms with Crippen molar-refractivity contribution >= 4 is 11.9 Å². The van der Waals surface area contributed by atoms with Crippen LogP contribution in [-0.2, 0) is 4.79 Å². The van der Waals surface area contributed by atoms with Crippen LogP contribution in [0.15, 0.2) is 4.99 Å². The van der Waals surface area contributed by atoms with Gasteiger partial charge in [-0.1, -0.05) is 39.0 Å². The molecule has 0 aromatic rings. The molecule has 5 nitrogen and oxygen atoms in total. The van der Waals surface area contributed by atoms with Crippen molar-refractivity contribution in [2.45, 2.75) is 51.9 Å². The molecule has 0 heterocycles. The van der Waals surface area contributed by atoms with E-state index in [4.69, 9.17) is 5.73 Å². The standard InChI is InChI=1S/C14H30N4O/c1-4-5-6-7-8-9-11-16-14(15)17-12-10-13(19)18(2)3/h4-12H2,1-3H3,(H3,15,16,17). The maximum absolute atomic E-state index is 11.3. The molecule has 0 aromatic heterocycles. The zero-order valence-corrected chi connectivity index (χ0v) is 12.7. The largest absolute Gasteiger partial charge is 0.370 e. The normalized spacial score (nSPS) is 11.4. The van der Waals surface area contributed by atoms with Gasteiger partial charge in [-0.25, -0.2) is 0 Å². The fourth-order valence-electron chi connectivity index (χ4n) is 1.67. The molecular weight excluding hydrogens is 240 g/mol. The Morgan fingerprint density at radius 3 is 2.42 bits per heavy atom. The Hall–Kier alpha value is -1.26. The lowest BCUT2D eigenvalue weighted by Crippen LogP contribution is -2.35. The van der Waals surface area contributed by atoms with Gasteiger partial charge < -0.3 is 16.0 Å². The third-order valence-corrected chi connectivity index (χ3v) is 2.94. The molecule has 0 radical (unpaired) electrons. The van der Waals surface area contributed by atoms with Crippen molar-refractivity contribution in [3.63, 3.8) is 0 Å². The minimum absolute atomic E-state index is 0.0937. The number of carbonyl (C=O) groups is 1. The molecule has 0 saturated carbocycles. The summed E-state index contributed by atoms with van der Waals surface area (Å²) in [6.45, 7) is 3.53. The molecule has 0 atom stereocenters. The van der Waals surface area contributed by atoms with Crippen LogP contribution >= 0.6 is 0 Å². The molecule has 0 fully saturated rings. The summed E-state index contributed by atoms with van der Waals surface area (Å²) >= 11 is 0. The zero-order valence-electron chi connectivity index (χ0n) is 12.7. The number of nitrogens with zero attached hydrogens (tertiary/aromatic N) is 2. The molecule has 112 valence electrons.